The molecule has 3 rings (SSSR count). The molecule has 2 aromatic heterocycles. The number of nitrogens with zero attached hydrogens (tertiary/aromatic N) is 2. The molecule has 0 unspecified atom stereocenters. The van der Waals surface area contributed by atoms with Crippen molar-refractivity contribution in [3.63, 3.8) is 0 Å². The summed E-state index contributed by atoms with van der Waals surface area (Å²) in [7, 11) is 0. The van der Waals surface area contributed by atoms with Gasteiger partial charge >= 0.3 is 0 Å². The van der Waals surface area contributed by atoms with Crippen LogP contribution in [0.2, 0.25) is 0 Å². The van der Waals surface area contributed by atoms with Gasteiger partial charge in [-0.3, -0.25) is 4.79 Å². The Hall–Kier alpha value is -3.02. The van der Waals surface area contributed by atoms with Crippen LogP contribution in [-0.4, -0.2) is 15.5 Å². The second kappa shape index (κ2) is 5.77. The minimum absolute atomic E-state index is 0.165. The number of benzene rings is 1. The molecule has 6 heteroatoms. The zero-order chi connectivity index (χ0) is 15.5. The highest BCUT2D eigenvalue weighted by molar-refractivity contribution is 6.04. The topological polar surface area (TPSA) is 46.9 Å². The molecule has 1 aromatic carbocycles. The lowest BCUT2D eigenvalue weighted by atomic mass is 10.1. The van der Waals surface area contributed by atoms with E-state index in [1.807, 2.05) is 0 Å². The van der Waals surface area contributed by atoms with Crippen LogP contribution in [0.25, 0.3) is 5.69 Å². The monoisotopic (exact) mass is 299 g/mol. The van der Waals surface area contributed by atoms with Crippen LogP contribution in [0.3, 0.4) is 0 Å². The van der Waals surface area contributed by atoms with E-state index in [1.165, 1.54) is 24.4 Å². The lowest BCUT2D eigenvalue weighted by Crippen LogP contribution is -2.13. The zero-order valence-electron chi connectivity index (χ0n) is 11.3. The van der Waals surface area contributed by atoms with Crippen molar-refractivity contribution in [3.05, 3.63) is 78.4 Å². The van der Waals surface area contributed by atoms with Gasteiger partial charge in [-0.2, -0.15) is 4.39 Å². The van der Waals surface area contributed by atoms with E-state index in [0.717, 1.165) is 12.1 Å². The second-order valence-electron chi connectivity index (χ2n) is 4.58. The fourth-order valence-electron chi connectivity index (χ4n) is 2.01. The lowest BCUT2D eigenvalue weighted by Gasteiger charge is -2.08. The molecule has 0 spiro atoms. The number of nitrogens with one attached hydrogen (secondary N) is 1. The van der Waals surface area contributed by atoms with Crippen molar-refractivity contribution in [2.24, 2.45) is 0 Å². The van der Waals surface area contributed by atoms with Gasteiger partial charge in [0.1, 0.15) is 5.82 Å². The molecule has 22 heavy (non-hydrogen) atoms. The molecule has 0 bridgehead atoms. The number of halogens is 2. The molecule has 4 nitrogen and oxygen atoms in total. The van der Waals surface area contributed by atoms with Crippen molar-refractivity contribution in [1.82, 2.24) is 9.55 Å². The van der Waals surface area contributed by atoms with Gasteiger partial charge in [-0.25, -0.2) is 9.37 Å². The first kappa shape index (κ1) is 13.9. The maximum Gasteiger partial charge on any atom is 0.255 e. The molecule has 0 aliphatic heterocycles. The Bertz CT molecular complexity index is 799. The summed E-state index contributed by atoms with van der Waals surface area (Å²) in [6, 6.07) is 10.3. The Balaban J connectivity index is 1.81. The number of hydrogen-bond donors (Lipinski definition) is 1. The van der Waals surface area contributed by atoms with E-state index in [2.05, 4.69) is 10.3 Å². The zero-order valence-corrected chi connectivity index (χ0v) is 11.3. The summed E-state index contributed by atoms with van der Waals surface area (Å²) in [5.41, 5.74) is 0.851. The molecule has 0 aliphatic rings. The first-order valence-electron chi connectivity index (χ1n) is 6.49. The third-order valence-electron chi connectivity index (χ3n) is 3.08. The fraction of sp³-hybridized carbons (Fsp3) is 0. The molecule has 0 saturated heterocycles. The highest BCUT2D eigenvalue weighted by Gasteiger charge is 2.11. The molecule has 3 aromatic rings. The van der Waals surface area contributed by atoms with Crippen LogP contribution in [0.15, 0.2) is 61.1 Å². The number of aromatic nitrogens is 2. The number of hydrogen-bond acceptors (Lipinski definition) is 2. The maximum atomic E-state index is 14.1. The molecular formula is C16H11F2N3O. The minimum atomic E-state index is -0.639. The van der Waals surface area contributed by atoms with E-state index in [-0.39, 0.29) is 5.56 Å². The van der Waals surface area contributed by atoms with Crippen LogP contribution < -0.4 is 5.32 Å². The van der Waals surface area contributed by atoms with Gasteiger partial charge in [0.2, 0.25) is 5.95 Å². The Kier molecular flexibility index (Phi) is 3.65. The minimum Gasteiger partial charge on any atom is -0.321 e. The Morgan fingerprint density at radius 1 is 1.09 bits per heavy atom. The van der Waals surface area contributed by atoms with E-state index in [9.17, 15) is 13.6 Å². The molecule has 0 fully saturated rings. The van der Waals surface area contributed by atoms with Crippen molar-refractivity contribution in [3.8, 4) is 5.69 Å². The summed E-state index contributed by atoms with van der Waals surface area (Å²) in [5, 5.41) is 2.53. The van der Waals surface area contributed by atoms with Gasteiger partial charge in [0, 0.05) is 18.0 Å². The van der Waals surface area contributed by atoms with Crippen LogP contribution in [-0.2, 0) is 0 Å². The summed E-state index contributed by atoms with van der Waals surface area (Å²) < 4.78 is 28.4. The van der Waals surface area contributed by atoms with Crippen molar-refractivity contribution in [2.45, 2.75) is 0 Å². The van der Waals surface area contributed by atoms with Crippen LogP contribution in [0, 0.1) is 11.8 Å². The Morgan fingerprint density at radius 2 is 1.86 bits per heavy atom. The molecular weight excluding hydrogens is 288 g/mol. The van der Waals surface area contributed by atoms with Gasteiger partial charge in [-0.1, -0.05) is 0 Å². The van der Waals surface area contributed by atoms with E-state index in [4.69, 9.17) is 0 Å². The number of anilines is 1. The molecule has 0 aliphatic carbocycles. The summed E-state index contributed by atoms with van der Waals surface area (Å²) >= 11 is 0. The van der Waals surface area contributed by atoms with Crippen molar-refractivity contribution in [1.29, 1.82) is 0 Å². The van der Waals surface area contributed by atoms with Gasteiger partial charge in [-0.05, 0) is 42.5 Å². The van der Waals surface area contributed by atoms with Gasteiger partial charge in [-0.15, -0.1) is 0 Å². The average Bonchev–Trinajstić information content (AvgIpc) is 3.03. The third-order valence-corrected chi connectivity index (χ3v) is 3.08. The van der Waals surface area contributed by atoms with Crippen LogP contribution in [0.1, 0.15) is 10.4 Å². The first-order chi connectivity index (χ1) is 10.6. The number of rotatable bonds is 3. The molecule has 110 valence electrons. The van der Waals surface area contributed by atoms with Gasteiger partial charge in [0.15, 0.2) is 0 Å². The SMILES string of the molecule is O=C(Nc1ccc(F)nc1)c1ccc(-n2cccc2)c(F)c1. The summed E-state index contributed by atoms with van der Waals surface area (Å²) in [6.07, 6.45) is 4.61. The summed E-state index contributed by atoms with van der Waals surface area (Å²) in [5.74, 6) is -1.65. The van der Waals surface area contributed by atoms with Crippen molar-refractivity contribution >= 4 is 11.6 Å². The predicted molar refractivity (Wildman–Crippen MR) is 77.9 cm³/mol. The first-order valence-corrected chi connectivity index (χ1v) is 6.49. The summed E-state index contributed by atoms with van der Waals surface area (Å²) in [6.45, 7) is 0. The van der Waals surface area contributed by atoms with E-state index in [1.54, 1.807) is 29.1 Å². The quantitative estimate of drug-likeness (QED) is 0.753. The Labute approximate surface area is 125 Å². The number of carbonyl (C=O) groups excluding carboxylic acids is 1. The summed E-state index contributed by atoms with van der Waals surface area (Å²) in [4.78, 5) is 15.5. The Morgan fingerprint density at radius 3 is 2.50 bits per heavy atom. The van der Waals surface area contributed by atoms with E-state index >= 15 is 0 Å². The van der Waals surface area contributed by atoms with E-state index < -0.39 is 17.7 Å². The number of pyridine rings is 1. The maximum absolute atomic E-state index is 14.1. The third kappa shape index (κ3) is 2.85. The van der Waals surface area contributed by atoms with Crippen LogP contribution in [0.5, 0.6) is 0 Å². The largest absolute Gasteiger partial charge is 0.321 e. The molecule has 0 saturated carbocycles. The molecule has 1 amide bonds. The van der Waals surface area contributed by atoms with Crippen LogP contribution in [0.4, 0.5) is 14.5 Å². The molecule has 0 atom stereocenters. The van der Waals surface area contributed by atoms with Crippen molar-refractivity contribution < 1.29 is 13.6 Å². The van der Waals surface area contributed by atoms with Gasteiger partial charge in [0.25, 0.3) is 5.91 Å². The van der Waals surface area contributed by atoms with Crippen molar-refractivity contribution in [2.75, 3.05) is 5.32 Å². The van der Waals surface area contributed by atoms with E-state index in [0.29, 0.717) is 11.4 Å². The smallest absolute Gasteiger partial charge is 0.255 e. The molecule has 2 heterocycles. The average molecular weight is 299 g/mol. The molecule has 0 radical (unpaired) electrons. The normalized spacial score (nSPS) is 10.5. The highest BCUT2D eigenvalue weighted by Crippen LogP contribution is 2.16. The van der Waals surface area contributed by atoms with Gasteiger partial charge in [0.05, 0.1) is 17.6 Å². The fourth-order valence-corrected chi connectivity index (χ4v) is 2.01. The number of carbonyl (C=O) groups is 1. The molecule has 1 N–H and O–H groups in total. The van der Waals surface area contributed by atoms with Crippen LogP contribution >= 0.6 is 0 Å². The highest BCUT2D eigenvalue weighted by atomic mass is 19.1. The predicted octanol–water partition coefficient (Wildman–Crippen LogP) is 3.40. The standard InChI is InChI=1S/C16H11F2N3O/c17-13-9-11(3-5-14(13)21-7-1-2-8-21)16(22)20-12-4-6-15(18)19-10-12/h1-10H,(H,20,22). The second-order valence-corrected chi connectivity index (χ2v) is 4.58. The lowest BCUT2D eigenvalue weighted by molar-refractivity contribution is 0.102. The van der Waals surface area contributed by atoms with Gasteiger partial charge < -0.3 is 9.88 Å². The number of amides is 1.